The summed E-state index contributed by atoms with van der Waals surface area (Å²) in [7, 11) is 0. The number of benzene rings is 2. The molecular weight excluding hydrogens is 272 g/mol. The molecule has 0 unspecified atom stereocenters. The van der Waals surface area contributed by atoms with Crippen molar-refractivity contribution in [1.29, 1.82) is 0 Å². The lowest BCUT2D eigenvalue weighted by molar-refractivity contribution is 0.112. The summed E-state index contributed by atoms with van der Waals surface area (Å²) >= 11 is 0. The zero-order chi connectivity index (χ0) is 15.5. The predicted molar refractivity (Wildman–Crippen MR) is 90.1 cm³/mol. The third-order valence-electron chi connectivity index (χ3n) is 3.59. The molecule has 0 aliphatic heterocycles. The van der Waals surface area contributed by atoms with E-state index in [0.29, 0.717) is 11.3 Å². The Labute approximate surface area is 132 Å². The first kappa shape index (κ1) is 16.1. The Balaban J connectivity index is 0.000000246. The molecule has 22 heavy (non-hydrogen) atoms. The van der Waals surface area contributed by atoms with E-state index in [1.807, 2.05) is 36.4 Å². The van der Waals surface area contributed by atoms with Crippen LogP contribution in [0.2, 0.25) is 0 Å². The van der Waals surface area contributed by atoms with Crippen molar-refractivity contribution in [3.63, 3.8) is 0 Å². The molecular formula is C19H22N2O. The largest absolute Gasteiger partial charge is 0.298 e. The highest BCUT2D eigenvalue weighted by molar-refractivity contribution is 5.82. The maximum absolute atomic E-state index is 10.7. The van der Waals surface area contributed by atoms with Gasteiger partial charge in [-0.1, -0.05) is 68.9 Å². The molecule has 1 fully saturated rings. The maximum Gasteiger partial charge on any atom is 0.152 e. The molecule has 3 rings (SSSR count). The van der Waals surface area contributed by atoms with Gasteiger partial charge in [0, 0.05) is 5.56 Å². The number of hydrogen-bond donors (Lipinski definition) is 0. The van der Waals surface area contributed by atoms with Gasteiger partial charge in [0.05, 0.1) is 11.4 Å². The zero-order valence-electron chi connectivity index (χ0n) is 12.8. The quantitative estimate of drug-likeness (QED) is 0.487. The van der Waals surface area contributed by atoms with Crippen LogP contribution in [0.1, 0.15) is 48.9 Å². The number of azo groups is 1. The first-order valence-corrected chi connectivity index (χ1v) is 7.91. The molecule has 114 valence electrons. The van der Waals surface area contributed by atoms with E-state index >= 15 is 0 Å². The van der Waals surface area contributed by atoms with Crippen LogP contribution in [0.4, 0.5) is 11.4 Å². The van der Waals surface area contributed by atoms with Gasteiger partial charge in [0.2, 0.25) is 0 Å². The van der Waals surface area contributed by atoms with Gasteiger partial charge in [-0.15, -0.1) is 5.11 Å². The van der Waals surface area contributed by atoms with Gasteiger partial charge in [-0.2, -0.15) is 5.11 Å². The standard InChI is InChI=1S/C13H10N2O.C6H12/c16-10-11-6-4-5-9-13(11)15-14-12-7-2-1-3-8-12;1-2-4-6-5-3-1/h1-10H;1-6H2. The summed E-state index contributed by atoms with van der Waals surface area (Å²) in [6, 6.07) is 16.5. The molecule has 0 atom stereocenters. The van der Waals surface area contributed by atoms with E-state index in [-0.39, 0.29) is 0 Å². The van der Waals surface area contributed by atoms with Gasteiger partial charge < -0.3 is 0 Å². The van der Waals surface area contributed by atoms with Crippen LogP contribution >= 0.6 is 0 Å². The summed E-state index contributed by atoms with van der Waals surface area (Å²) in [4.78, 5) is 10.7. The molecule has 3 nitrogen and oxygen atoms in total. The molecule has 0 spiro atoms. The second-order valence-electron chi connectivity index (χ2n) is 5.33. The Hall–Kier alpha value is -2.29. The van der Waals surface area contributed by atoms with Crippen molar-refractivity contribution in [2.45, 2.75) is 38.5 Å². The van der Waals surface area contributed by atoms with Gasteiger partial charge in [0.25, 0.3) is 0 Å². The Kier molecular flexibility index (Phi) is 7.03. The van der Waals surface area contributed by atoms with Crippen molar-refractivity contribution < 1.29 is 4.79 Å². The topological polar surface area (TPSA) is 41.8 Å². The van der Waals surface area contributed by atoms with E-state index in [9.17, 15) is 4.79 Å². The Morgan fingerprint density at radius 2 is 1.23 bits per heavy atom. The summed E-state index contributed by atoms with van der Waals surface area (Å²) < 4.78 is 0. The number of aldehydes is 1. The highest BCUT2D eigenvalue weighted by atomic mass is 16.1. The molecule has 0 saturated heterocycles. The van der Waals surface area contributed by atoms with E-state index < -0.39 is 0 Å². The maximum atomic E-state index is 10.7. The monoisotopic (exact) mass is 294 g/mol. The van der Waals surface area contributed by atoms with Crippen molar-refractivity contribution >= 4 is 17.7 Å². The molecule has 1 saturated carbocycles. The van der Waals surface area contributed by atoms with Crippen LogP contribution in [-0.2, 0) is 0 Å². The minimum atomic E-state index is 0.544. The highest BCUT2D eigenvalue weighted by Crippen LogP contribution is 2.20. The van der Waals surface area contributed by atoms with Gasteiger partial charge in [-0.05, 0) is 24.3 Å². The summed E-state index contributed by atoms with van der Waals surface area (Å²) in [6.45, 7) is 0. The van der Waals surface area contributed by atoms with E-state index in [1.165, 1.54) is 38.5 Å². The van der Waals surface area contributed by atoms with Gasteiger partial charge in [-0.25, -0.2) is 0 Å². The fraction of sp³-hybridized carbons (Fsp3) is 0.316. The molecule has 2 aromatic rings. The minimum absolute atomic E-state index is 0.544. The second kappa shape index (κ2) is 9.61. The number of carbonyl (C=O) groups is 1. The van der Waals surface area contributed by atoms with Crippen LogP contribution in [0.5, 0.6) is 0 Å². The summed E-state index contributed by atoms with van der Waals surface area (Å²) in [5, 5.41) is 8.09. The number of hydrogen-bond acceptors (Lipinski definition) is 3. The van der Waals surface area contributed by atoms with Crippen LogP contribution in [0, 0.1) is 0 Å². The van der Waals surface area contributed by atoms with E-state index in [1.54, 1.807) is 18.2 Å². The lowest BCUT2D eigenvalue weighted by Gasteiger charge is -2.05. The fourth-order valence-corrected chi connectivity index (χ4v) is 2.35. The predicted octanol–water partition coefficient (Wildman–Crippen LogP) is 6.26. The van der Waals surface area contributed by atoms with Crippen LogP contribution < -0.4 is 0 Å². The van der Waals surface area contributed by atoms with E-state index in [0.717, 1.165) is 12.0 Å². The molecule has 0 N–H and O–H groups in total. The third kappa shape index (κ3) is 5.60. The Morgan fingerprint density at radius 3 is 1.82 bits per heavy atom. The molecule has 0 heterocycles. The normalized spacial score (nSPS) is 14.2. The van der Waals surface area contributed by atoms with Crippen LogP contribution in [0.25, 0.3) is 0 Å². The summed E-state index contributed by atoms with van der Waals surface area (Å²) in [5.41, 5.74) is 1.90. The summed E-state index contributed by atoms with van der Waals surface area (Å²) in [5.74, 6) is 0. The molecule has 1 aliphatic carbocycles. The smallest absolute Gasteiger partial charge is 0.152 e. The molecule has 0 radical (unpaired) electrons. The van der Waals surface area contributed by atoms with Crippen molar-refractivity contribution in [3.8, 4) is 0 Å². The SMILES string of the molecule is C1CCCCC1.O=Cc1ccccc1N=Nc1ccccc1. The number of carbonyl (C=O) groups excluding carboxylic acids is 1. The average molecular weight is 294 g/mol. The van der Waals surface area contributed by atoms with Crippen molar-refractivity contribution in [3.05, 3.63) is 60.2 Å². The van der Waals surface area contributed by atoms with Crippen molar-refractivity contribution in [2.24, 2.45) is 10.2 Å². The third-order valence-corrected chi connectivity index (χ3v) is 3.59. The highest BCUT2D eigenvalue weighted by Gasteiger charge is 1.97. The second-order valence-corrected chi connectivity index (χ2v) is 5.33. The minimum Gasteiger partial charge on any atom is -0.298 e. The number of rotatable bonds is 3. The first-order valence-electron chi connectivity index (χ1n) is 7.91. The van der Waals surface area contributed by atoms with Crippen LogP contribution in [0.3, 0.4) is 0 Å². The van der Waals surface area contributed by atoms with Crippen molar-refractivity contribution in [2.75, 3.05) is 0 Å². The van der Waals surface area contributed by atoms with Gasteiger partial charge in [0.1, 0.15) is 0 Å². The molecule has 1 aliphatic rings. The van der Waals surface area contributed by atoms with E-state index in [2.05, 4.69) is 10.2 Å². The lowest BCUT2D eigenvalue weighted by Crippen LogP contribution is -1.85. The zero-order valence-corrected chi connectivity index (χ0v) is 12.8. The molecule has 3 heteroatoms. The number of nitrogens with zero attached hydrogens (tertiary/aromatic N) is 2. The van der Waals surface area contributed by atoms with Crippen molar-refractivity contribution in [1.82, 2.24) is 0 Å². The van der Waals surface area contributed by atoms with Crippen LogP contribution in [-0.4, -0.2) is 6.29 Å². The molecule has 0 bridgehead atoms. The van der Waals surface area contributed by atoms with Gasteiger partial charge in [0.15, 0.2) is 6.29 Å². The van der Waals surface area contributed by atoms with E-state index in [4.69, 9.17) is 0 Å². The molecule has 0 amide bonds. The molecule has 2 aromatic carbocycles. The Morgan fingerprint density at radius 1 is 0.682 bits per heavy atom. The van der Waals surface area contributed by atoms with Crippen LogP contribution in [0.15, 0.2) is 64.8 Å². The van der Waals surface area contributed by atoms with Gasteiger partial charge >= 0.3 is 0 Å². The Bertz CT molecular complexity index is 578. The van der Waals surface area contributed by atoms with Gasteiger partial charge in [-0.3, -0.25) is 4.79 Å². The average Bonchev–Trinajstić information content (AvgIpc) is 2.63. The summed E-state index contributed by atoms with van der Waals surface area (Å²) in [6.07, 6.45) is 9.78. The lowest BCUT2D eigenvalue weighted by atomic mass is 10.0. The first-order chi connectivity index (χ1) is 10.9. The fourth-order valence-electron chi connectivity index (χ4n) is 2.35. The molecule has 0 aromatic heterocycles.